The molecule has 1 aliphatic carbocycles. The van der Waals surface area contributed by atoms with E-state index in [0.29, 0.717) is 17.4 Å². The van der Waals surface area contributed by atoms with E-state index in [2.05, 4.69) is 13.0 Å². The molecule has 0 aromatic heterocycles. The van der Waals surface area contributed by atoms with Gasteiger partial charge in [-0.05, 0) is 64.2 Å². The molecule has 0 spiro atoms. The second kappa shape index (κ2) is 6.29. The van der Waals surface area contributed by atoms with Gasteiger partial charge in [-0.15, -0.1) is 0 Å². The molecule has 0 aliphatic heterocycles. The lowest BCUT2D eigenvalue weighted by atomic mass is 9.89. The van der Waals surface area contributed by atoms with Crippen molar-refractivity contribution in [3.05, 3.63) is 64.7 Å². The van der Waals surface area contributed by atoms with Gasteiger partial charge in [-0.25, -0.2) is 0 Å². The first-order valence-electron chi connectivity index (χ1n) is 9.32. The molecule has 0 amide bonds. The maximum Gasteiger partial charge on any atom is 0.416 e. The number of fused-ring (bicyclic) bond motifs is 5. The monoisotopic (exact) mass is 370 g/mol. The minimum Gasteiger partial charge on any atom is -0.507 e. The summed E-state index contributed by atoms with van der Waals surface area (Å²) in [6.45, 7) is 4.10. The van der Waals surface area contributed by atoms with Crippen LogP contribution < -0.4 is 0 Å². The molecule has 4 rings (SSSR count). The highest BCUT2D eigenvalue weighted by Crippen LogP contribution is 2.51. The molecule has 0 bridgehead atoms. The third kappa shape index (κ3) is 2.78. The zero-order valence-electron chi connectivity index (χ0n) is 15.3. The molecule has 140 valence electrons. The lowest BCUT2D eigenvalue weighted by Crippen LogP contribution is -2.06. The van der Waals surface area contributed by atoms with Gasteiger partial charge in [0.1, 0.15) is 5.75 Å². The van der Waals surface area contributed by atoms with E-state index in [0.717, 1.165) is 46.5 Å². The van der Waals surface area contributed by atoms with E-state index < -0.39 is 11.7 Å². The van der Waals surface area contributed by atoms with Gasteiger partial charge in [-0.1, -0.05) is 44.5 Å². The second-order valence-corrected chi connectivity index (χ2v) is 7.33. The smallest absolute Gasteiger partial charge is 0.416 e. The summed E-state index contributed by atoms with van der Waals surface area (Å²) in [5.41, 5.74) is 4.14. The Hall–Kier alpha value is -2.49. The molecule has 1 atom stereocenters. The van der Waals surface area contributed by atoms with Crippen LogP contribution in [0.1, 0.15) is 54.9 Å². The maximum atomic E-state index is 13.4. The highest BCUT2D eigenvalue weighted by atomic mass is 19.4. The fourth-order valence-corrected chi connectivity index (χ4v) is 4.27. The topological polar surface area (TPSA) is 20.2 Å². The average molecular weight is 370 g/mol. The van der Waals surface area contributed by atoms with Gasteiger partial charge >= 0.3 is 6.18 Å². The number of hydrogen-bond donors (Lipinski definition) is 1. The van der Waals surface area contributed by atoms with E-state index in [1.807, 2.05) is 25.1 Å². The normalized spacial score (nSPS) is 15.8. The highest BCUT2D eigenvalue weighted by Gasteiger charge is 2.34. The van der Waals surface area contributed by atoms with Crippen molar-refractivity contribution in [2.45, 2.75) is 45.2 Å². The van der Waals surface area contributed by atoms with E-state index >= 15 is 0 Å². The Balaban J connectivity index is 2.11. The van der Waals surface area contributed by atoms with Crippen molar-refractivity contribution in [2.75, 3.05) is 0 Å². The fraction of sp³-hybridized carbons (Fsp3) is 0.304. The molecular formula is C23H21F3O. The predicted molar refractivity (Wildman–Crippen MR) is 102 cm³/mol. The number of rotatable bonds is 3. The van der Waals surface area contributed by atoms with Crippen molar-refractivity contribution >= 4 is 10.8 Å². The SMILES string of the molecule is CCCCc1cc(C(F)(F)F)cc2c(O)cc3c(c12)-c1ccccc1C3C. The Morgan fingerprint density at radius 3 is 2.48 bits per heavy atom. The van der Waals surface area contributed by atoms with Crippen LogP contribution in [0.4, 0.5) is 13.2 Å². The van der Waals surface area contributed by atoms with Crippen LogP contribution in [0.25, 0.3) is 21.9 Å². The largest absolute Gasteiger partial charge is 0.507 e. The average Bonchev–Trinajstić information content (AvgIpc) is 2.91. The summed E-state index contributed by atoms with van der Waals surface area (Å²) in [5.74, 6) is 0.0278. The minimum atomic E-state index is -4.44. The number of aromatic hydroxyl groups is 1. The summed E-state index contributed by atoms with van der Waals surface area (Å²) in [6.07, 6.45) is -2.18. The number of phenols is 1. The predicted octanol–water partition coefficient (Wildman–Crippen LogP) is 7.04. The maximum absolute atomic E-state index is 13.4. The zero-order valence-corrected chi connectivity index (χ0v) is 15.3. The summed E-state index contributed by atoms with van der Waals surface area (Å²) in [4.78, 5) is 0. The number of aryl methyl sites for hydroxylation is 1. The molecule has 27 heavy (non-hydrogen) atoms. The van der Waals surface area contributed by atoms with E-state index in [9.17, 15) is 18.3 Å². The van der Waals surface area contributed by atoms with Crippen LogP contribution in [0.3, 0.4) is 0 Å². The molecule has 4 heteroatoms. The van der Waals surface area contributed by atoms with Crippen LogP contribution in [0, 0.1) is 0 Å². The molecule has 3 aromatic rings. The molecule has 0 heterocycles. The van der Waals surface area contributed by atoms with Crippen molar-refractivity contribution in [3.8, 4) is 16.9 Å². The number of phenolic OH excluding ortho intramolecular Hbond substituents is 1. The standard InChI is InChI=1S/C23H21F3O/c1-3-4-7-14-10-15(23(24,25)26)11-19-20(27)12-18-13(2)16-8-5-6-9-17(16)22(18)21(14)19/h5-6,8-13,27H,3-4,7H2,1-2H3. The van der Waals surface area contributed by atoms with E-state index in [4.69, 9.17) is 0 Å². The first-order chi connectivity index (χ1) is 12.8. The number of benzene rings is 3. The first kappa shape index (κ1) is 17.9. The Kier molecular flexibility index (Phi) is 4.17. The summed E-state index contributed by atoms with van der Waals surface area (Å²) in [7, 11) is 0. The van der Waals surface area contributed by atoms with Gasteiger partial charge in [0.15, 0.2) is 0 Å². The van der Waals surface area contributed by atoms with Gasteiger partial charge in [0.2, 0.25) is 0 Å². The molecule has 0 saturated carbocycles. The van der Waals surface area contributed by atoms with Crippen LogP contribution in [0.15, 0.2) is 42.5 Å². The van der Waals surface area contributed by atoms with E-state index in [1.54, 1.807) is 6.07 Å². The van der Waals surface area contributed by atoms with Gasteiger partial charge < -0.3 is 5.11 Å². The van der Waals surface area contributed by atoms with Gasteiger partial charge in [-0.3, -0.25) is 0 Å². The number of alkyl halides is 3. The summed E-state index contributed by atoms with van der Waals surface area (Å²) >= 11 is 0. The van der Waals surface area contributed by atoms with Crippen LogP contribution >= 0.6 is 0 Å². The fourth-order valence-electron chi connectivity index (χ4n) is 4.27. The van der Waals surface area contributed by atoms with Crippen LogP contribution in [0.5, 0.6) is 5.75 Å². The number of unbranched alkanes of at least 4 members (excludes halogenated alkanes) is 1. The van der Waals surface area contributed by atoms with Gasteiger partial charge in [0.05, 0.1) is 5.56 Å². The Bertz CT molecular complexity index is 1030. The molecule has 1 aliphatic rings. The quantitative estimate of drug-likeness (QED) is 0.524. The first-order valence-corrected chi connectivity index (χ1v) is 9.32. The summed E-state index contributed by atoms with van der Waals surface area (Å²) in [6, 6.07) is 12.0. The van der Waals surface area contributed by atoms with Crippen LogP contribution in [-0.2, 0) is 12.6 Å². The highest BCUT2D eigenvalue weighted by molar-refractivity contribution is 6.06. The second-order valence-electron chi connectivity index (χ2n) is 7.33. The molecule has 1 nitrogen and oxygen atoms in total. The molecule has 3 aromatic carbocycles. The van der Waals surface area contributed by atoms with Crippen LogP contribution in [-0.4, -0.2) is 5.11 Å². The van der Waals surface area contributed by atoms with Crippen molar-refractivity contribution in [1.82, 2.24) is 0 Å². The van der Waals surface area contributed by atoms with Gasteiger partial charge in [-0.2, -0.15) is 13.2 Å². The zero-order chi connectivity index (χ0) is 19.3. The van der Waals surface area contributed by atoms with Crippen molar-refractivity contribution in [2.24, 2.45) is 0 Å². The number of hydrogen-bond acceptors (Lipinski definition) is 1. The van der Waals surface area contributed by atoms with Gasteiger partial charge in [0.25, 0.3) is 0 Å². The molecule has 0 radical (unpaired) electrons. The van der Waals surface area contributed by atoms with Gasteiger partial charge in [0, 0.05) is 11.3 Å². The minimum absolute atomic E-state index is 0.0766. The van der Waals surface area contributed by atoms with E-state index in [1.165, 1.54) is 6.07 Å². The molecule has 0 fully saturated rings. The Morgan fingerprint density at radius 2 is 1.78 bits per heavy atom. The van der Waals surface area contributed by atoms with E-state index in [-0.39, 0.29) is 11.7 Å². The molecule has 1 unspecified atom stereocenters. The lowest BCUT2D eigenvalue weighted by molar-refractivity contribution is -0.137. The number of halogens is 3. The lowest BCUT2D eigenvalue weighted by Gasteiger charge is -2.17. The Labute approximate surface area is 156 Å². The third-order valence-electron chi connectivity index (χ3n) is 5.62. The summed E-state index contributed by atoms with van der Waals surface area (Å²) < 4.78 is 40.3. The third-order valence-corrected chi connectivity index (χ3v) is 5.62. The van der Waals surface area contributed by atoms with Crippen molar-refractivity contribution < 1.29 is 18.3 Å². The van der Waals surface area contributed by atoms with Crippen LogP contribution in [0.2, 0.25) is 0 Å². The van der Waals surface area contributed by atoms with Crippen molar-refractivity contribution in [3.63, 3.8) is 0 Å². The Morgan fingerprint density at radius 1 is 1.04 bits per heavy atom. The molecule has 1 N–H and O–H groups in total. The molecule has 0 saturated heterocycles. The molecular weight excluding hydrogens is 349 g/mol. The summed E-state index contributed by atoms with van der Waals surface area (Å²) in [5, 5.41) is 11.7. The van der Waals surface area contributed by atoms with Crippen molar-refractivity contribution in [1.29, 1.82) is 0 Å².